The van der Waals surface area contributed by atoms with Crippen LogP contribution < -0.4 is 76.1 Å². The van der Waals surface area contributed by atoms with Crippen molar-refractivity contribution >= 4 is 59.1 Å². The fraction of sp³-hybridized carbons (Fsp3) is 0.652. The molecule has 1 aliphatic heterocycles. The van der Waals surface area contributed by atoms with Gasteiger partial charge in [0.25, 0.3) is 0 Å². The molecule has 27 nitrogen and oxygen atoms in total. The lowest BCUT2D eigenvalue weighted by atomic mass is 10.00. The molecule has 0 bridgehead atoms. The Labute approximate surface area is 424 Å². The van der Waals surface area contributed by atoms with Crippen molar-refractivity contribution in [2.75, 3.05) is 39.3 Å². The molecule has 2 unspecified atom stereocenters. The average molecular weight is 1040 g/mol. The van der Waals surface area contributed by atoms with Gasteiger partial charge in [0.05, 0.1) is 18.8 Å². The van der Waals surface area contributed by atoms with Gasteiger partial charge in [0.2, 0.25) is 59.1 Å². The van der Waals surface area contributed by atoms with Crippen molar-refractivity contribution in [2.24, 2.45) is 28.9 Å². The molecule has 1 heterocycles. The van der Waals surface area contributed by atoms with Gasteiger partial charge in [-0.05, 0) is 90.0 Å². The molecule has 1 saturated heterocycles. The highest BCUT2D eigenvalue weighted by atomic mass is 16.3. The van der Waals surface area contributed by atoms with E-state index in [2.05, 4.69) is 53.2 Å². The minimum absolute atomic E-state index is 0.0542. The van der Waals surface area contributed by atoms with Crippen molar-refractivity contribution in [3.05, 3.63) is 35.9 Å². The lowest BCUT2D eigenvalue weighted by Crippen LogP contribution is -2.61. The van der Waals surface area contributed by atoms with Gasteiger partial charge in [-0.25, -0.2) is 0 Å². The fourth-order valence-corrected chi connectivity index (χ4v) is 7.53. The van der Waals surface area contributed by atoms with E-state index in [0.717, 1.165) is 0 Å². The Bertz CT molecular complexity index is 2000. The first-order valence-corrected chi connectivity index (χ1v) is 24.4. The van der Waals surface area contributed by atoms with Crippen LogP contribution in [-0.4, -0.2) is 180 Å². The lowest BCUT2D eigenvalue weighted by Gasteiger charge is -2.28. The quantitative estimate of drug-likeness (QED) is 0.0544. The Morgan fingerprint density at radius 3 is 1.62 bits per heavy atom. The van der Waals surface area contributed by atoms with Crippen molar-refractivity contribution in [3.8, 4) is 0 Å². The Kier molecular flexibility index (Phi) is 28.1. The summed E-state index contributed by atoms with van der Waals surface area (Å²) in [7, 11) is 0. The average Bonchev–Trinajstić information content (AvgIpc) is 3.32. The molecule has 1 aromatic rings. The molecule has 0 aliphatic carbocycles. The zero-order valence-electron chi connectivity index (χ0n) is 41.9. The van der Waals surface area contributed by atoms with E-state index in [0.29, 0.717) is 5.56 Å². The summed E-state index contributed by atoms with van der Waals surface area (Å²) in [6.45, 7) is 4.35. The standard InChI is InChI=1S/C46H78N14O13/c1-24(2)22-33-43(70)54-28(10-16-47)38(65)53-31(13-19-50)42(69)60-36(25(3)62)45(72)51-20-14-32(55-39(66)30(12-18-49)56-46(73)37(26(4)63)59-35(64)15-21-61)41(68)52-29(11-17-48)40(67)58-34(44(71)57-33)23-27-8-6-5-7-9-27/h5-9,24-26,28-34,36-37,61-63H,10-23,47-50H2,1-4H3,(H,51,72)(H,52,68)(H,53,65)(H,54,70)(H,55,66)(H,56,73)(H,57,71)(H,58,67)(H,59,64)(H,60,69)/t25?,26?,28-,29-,30-,31-,32-,33-,34+,36-,37-/m0/s1. The van der Waals surface area contributed by atoms with Gasteiger partial charge in [0.1, 0.15) is 54.4 Å². The molecule has 27 heteroatoms. The van der Waals surface area contributed by atoms with E-state index in [4.69, 9.17) is 28.0 Å². The number of carbonyl (C=O) groups excluding carboxylic acids is 10. The van der Waals surface area contributed by atoms with Crippen LogP contribution in [0.2, 0.25) is 0 Å². The summed E-state index contributed by atoms with van der Waals surface area (Å²) in [5, 5.41) is 55.2. The van der Waals surface area contributed by atoms with E-state index in [1.807, 2.05) is 0 Å². The van der Waals surface area contributed by atoms with E-state index in [1.54, 1.807) is 44.2 Å². The predicted molar refractivity (Wildman–Crippen MR) is 264 cm³/mol. The van der Waals surface area contributed by atoms with Gasteiger partial charge < -0.3 is 91.4 Å². The number of aliphatic hydroxyl groups excluding tert-OH is 3. The number of rotatable bonds is 21. The second-order valence-corrected chi connectivity index (χ2v) is 18.1. The van der Waals surface area contributed by atoms with Gasteiger partial charge in [-0.3, -0.25) is 47.9 Å². The Morgan fingerprint density at radius 1 is 0.630 bits per heavy atom. The first kappa shape index (κ1) is 62.8. The van der Waals surface area contributed by atoms with Crippen LogP contribution in [-0.2, 0) is 54.4 Å². The van der Waals surface area contributed by atoms with Crippen molar-refractivity contribution in [3.63, 3.8) is 0 Å². The van der Waals surface area contributed by atoms with Crippen LogP contribution >= 0.6 is 0 Å². The summed E-state index contributed by atoms with van der Waals surface area (Å²) in [6.07, 6.45) is -4.66. The second-order valence-electron chi connectivity index (χ2n) is 18.1. The molecule has 1 aliphatic rings. The van der Waals surface area contributed by atoms with Crippen LogP contribution in [0.15, 0.2) is 30.3 Å². The number of nitrogens with two attached hydrogens (primary N) is 4. The molecule has 1 aromatic carbocycles. The Hall–Kier alpha value is -6.36. The van der Waals surface area contributed by atoms with Crippen LogP contribution in [0.3, 0.4) is 0 Å². The first-order chi connectivity index (χ1) is 34.6. The monoisotopic (exact) mass is 1030 g/mol. The third kappa shape index (κ3) is 21.7. The normalized spacial score (nSPS) is 23.9. The maximum Gasteiger partial charge on any atom is 0.245 e. The van der Waals surface area contributed by atoms with Crippen LogP contribution in [0.1, 0.15) is 78.2 Å². The smallest absolute Gasteiger partial charge is 0.245 e. The molecular formula is C46H78N14O13. The maximum atomic E-state index is 14.3. The third-order valence-electron chi connectivity index (χ3n) is 11.5. The van der Waals surface area contributed by atoms with E-state index < -0.39 is 152 Å². The molecular weight excluding hydrogens is 957 g/mol. The van der Waals surface area contributed by atoms with Gasteiger partial charge in [-0.1, -0.05) is 44.2 Å². The van der Waals surface area contributed by atoms with Crippen LogP contribution in [0.25, 0.3) is 0 Å². The molecule has 0 spiro atoms. The number of nitrogens with one attached hydrogen (secondary N) is 10. The van der Waals surface area contributed by atoms with Gasteiger partial charge in [0, 0.05) is 19.4 Å². The number of carbonyl (C=O) groups is 10. The largest absolute Gasteiger partial charge is 0.396 e. The Balaban J connectivity index is 2.75. The van der Waals surface area contributed by atoms with E-state index >= 15 is 0 Å². The summed E-state index contributed by atoms with van der Waals surface area (Å²) in [4.78, 5) is 138. The summed E-state index contributed by atoms with van der Waals surface area (Å²) in [5.41, 5.74) is 23.9. The van der Waals surface area contributed by atoms with Crippen LogP contribution in [0.5, 0.6) is 0 Å². The molecule has 11 atom stereocenters. The maximum absolute atomic E-state index is 14.3. The van der Waals surface area contributed by atoms with E-state index in [-0.39, 0.29) is 70.6 Å². The van der Waals surface area contributed by atoms with Crippen LogP contribution in [0.4, 0.5) is 0 Å². The van der Waals surface area contributed by atoms with E-state index in [1.165, 1.54) is 13.8 Å². The molecule has 410 valence electrons. The molecule has 0 radical (unpaired) electrons. The zero-order chi connectivity index (χ0) is 54.8. The van der Waals surface area contributed by atoms with Gasteiger partial charge in [-0.15, -0.1) is 0 Å². The number of hydrogen-bond acceptors (Lipinski definition) is 17. The first-order valence-electron chi connectivity index (χ1n) is 24.4. The van der Waals surface area contributed by atoms with E-state index in [9.17, 15) is 58.2 Å². The SMILES string of the molecule is CC(C)C[C@@H]1NC(=O)[C@@H](Cc2ccccc2)NC(=O)[C@H](CCN)NC(=O)[C@@H](NC(=O)[C@H](CCN)NC(=O)[C@@H](NC(=O)CCO)C(C)O)CCNC(=O)[C@H](C(C)O)NC(=O)[C@H](CCN)NC(=O)[C@H](CCN)NC1=O. The molecule has 1 fully saturated rings. The third-order valence-corrected chi connectivity index (χ3v) is 11.5. The minimum Gasteiger partial charge on any atom is -0.396 e. The number of amides is 10. The lowest BCUT2D eigenvalue weighted by molar-refractivity contribution is -0.136. The topological polar surface area (TPSA) is 456 Å². The highest BCUT2D eigenvalue weighted by molar-refractivity contribution is 5.99. The molecule has 2 rings (SSSR count). The fourth-order valence-electron chi connectivity index (χ4n) is 7.53. The second kappa shape index (κ2) is 32.7. The Morgan fingerprint density at radius 2 is 1.12 bits per heavy atom. The highest BCUT2D eigenvalue weighted by Gasteiger charge is 2.37. The number of benzene rings is 1. The minimum atomic E-state index is -1.67. The van der Waals surface area contributed by atoms with Gasteiger partial charge >= 0.3 is 0 Å². The number of aliphatic hydroxyl groups is 3. The van der Waals surface area contributed by atoms with Crippen LogP contribution in [0, 0.1) is 5.92 Å². The molecule has 21 N–H and O–H groups in total. The van der Waals surface area contributed by atoms with Gasteiger partial charge in [-0.2, -0.15) is 0 Å². The molecule has 0 aromatic heterocycles. The predicted octanol–water partition coefficient (Wildman–Crippen LogP) is -7.30. The molecule has 73 heavy (non-hydrogen) atoms. The summed E-state index contributed by atoms with van der Waals surface area (Å²) >= 11 is 0. The summed E-state index contributed by atoms with van der Waals surface area (Å²) < 4.78 is 0. The van der Waals surface area contributed by atoms with Crippen molar-refractivity contribution in [2.45, 2.75) is 146 Å². The summed E-state index contributed by atoms with van der Waals surface area (Å²) in [6, 6.07) is -4.75. The summed E-state index contributed by atoms with van der Waals surface area (Å²) in [5.74, 6) is -9.34. The zero-order valence-corrected chi connectivity index (χ0v) is 41.9. The van der Waals surface area contributed by atoms with Gasteiger partial charge in [0.15, 0.2) is 0 Å². The van der Waals surface area contributed by atoms with Crippen molar-refractivity contribution in [1.82, 2.24) is 53.2 Å². The van der Waals surface area contributed by atoms with Crippen molar-refractivity contribution in [1.29, 1.82) is 0 Å². The highest BCUT2D eigenvalue weighted by Crippen LogP contribution is 2.11. The number of hydrogen-bond donors (Lipinski definition) is 17. The molecule has 10 amide bonds. The molecule has 0 saturated carbocycles. The van der Waals surface area contributed by atoms with Crippen molar-refractivity contribution < 1.29 is 63.3 Å².